The van der Waals surface area contributed by atoms with Crippen molar-refractivity contribution in [3.63, 3.8) is 0 Å². The Balaban J connectivity index is 1.60. The third-order valence-electron chi connectivity index (χ3n) is 5.22. The molecular formula is C22H28N2O2. The van der Waals surface area contributed by atoms with Gasteiger partial charge in [-0.25, -0.2) is 0 Å². The number of methoxy groups -OCH3 is 1. The van der Waals surface area contributed by atoms with E-state index in [9.17, 15) is 4.79 Å². The number of ether oxygens (including phenoxy) is 1. The van der Waals surface area contributed by atoms with Crippen LogP contribution < -0.4 is 4.74 Å². The molecule has 0 N–H and O–H groups in total. The van der Waals surface area contributed by atoms with Crippen molar-refractivity contribution >= 4 is 5.91 Å². The summed E-state index contributed by atoms with van der Waals surface area (Å²) in [5.41, 5.74) is 2.47. The van der Waals surface area contributed by atoms with E-state index in [0.29, 0.717) is 12.5 Å². The number of nitrogens with zero attached hydrogens (tertiary/aromatic N) is 2. The maximum absolute atomic E-state index is 12.7. The van der Waals surface area contributed by atoms with Crippen LogP contribution in [0.4, 0.5) is 0 Å². The first-order valence-corrected chi connectivity index (χ1v) is 9.41. The van der Waals surface area contributed by atoms with Crippen LogP contribution in [0.5, 0.6) is 5.75 Å². The van der Waals surface area contributed by atoms with Gasteiger partial charge in [-0.2, -0.15) is 0 Å². The highest BCUT2D eigenvalue weighted by molar-refractivity contribution is 5.76. The minimum Gasteiger partial charge on any atom is -0.497 e. The van der Waals surface area contributed by atoms with Crippen molar-refractivity contribution in [2.75, 3.05) is 33.3 Å². The van der Waals surface area contributed by atoms with E-state index < -0.39 is 0 Å². The Kier molecular flexibility index (Phi) is 6.29. The number of carbonyl (C=O) groups excluding carboxylic acids is 1. The zero-order chi connectivity index (χ0) is 18.4. The van der Waals surface area contributed by atoms with E-state index >= 15 is 0 Å². The molecule has 0 aromatic heterocycles. The summed E-state index contributed by atoms with van der Waals surface area (Å²) in [6.07, 6.45) is 1.33. The van der Waals surface area contributed by atoms with Crippen molar-refractivity contribution in [2.24, 2.45) is 0 Å². The molecule has 26 heavy (non-hydrogen) atoms. The van der Waals surface area contributed by atoms with Crippen LogP contribution in [-0.4, -0.2) is 49.0 Å². The van der Waals surface area contributed by atoms with Crippen molar-refractivity contribution in [3.05, 3.63) is 65.7 Å². The van der Waals surface area contributed by atoms with E-state index in [0.717, 1.165) is 38.3 Å². The molecule has 1 heterocycles. The fourth-order valence-corrected chi connectivity index (χ4v) is 3.62. The lowest BCUT2D eigenvalue weighted by Crippen LogP contribution is -2.50. The Morgan fingerprint density at radius 3 is 2.46 bits per heavy atom. The van der Waals surface area contributed by atoms with Gasteiger partial charge in [0.15, 0.2) is 0 Å². The highest BCUT2D eigenvalue weighted by Gasteiger charge is 2.29. The lowest BCUT2D eigenvalue weighted by atomic mass is 10.0. The molecule has 4 heteroatoms. The molecule has 1 amide bonds. The predicted molar refractivity (Wildman–Crippen MR) is 104 cm³/mol. The molecule has 1 unspecified atom stereocenters. The molecule has 0 bridgehead atoms. The molecule has 1 aliphatic rings. The predicted octanol–water partition coefficient (Wildman–Crippen LogP) is 3.53. The first-order chi connectivity index (χ1) is 12.7. The molecule has 3 rings (SSSR count). The number of rotatable bonds is 6. The maximum Gasteiger partial charge on any atom is 0.223 e. The Morgan fingerprint density at radius 1 is 1.08 bits per heavy atom. The summed E-state index contributed by atoms with van der Waals surface area (Å²) in [7, 11) is 1.66. The lowest BCUT2D eigenvalue weighted by Gasteiger charge is -2.41. The molecule has 0 aliphatic carbocycles. The van der Waals surface area contributed by atoms with Gasteiger partial charge in [-0.1, -0.05) is 49.4 Å². The van der Waals surface area contributed by atoms with Crippen molar-refractivity contribution in [1.82, 2.24) is 9.80 Å². The summed E-state index contributed by atoms with van der Waals surface area (Å²) >= 11 is 0. The van der Waals surface area contributed by atoms with Crippen molar-refractivity contribution in [3.8, 4) is 5.75 Å². The molecule has 1 aliphatic heterocycles. The summed E-state index contributed by atoms with van der Waals surface area (Å²) in [5.74, 6) is 1.10. The molecule has 1 atom stereocenters. The maximum atomic E-state index is 12.7. The van der Waals surface area contributed by atoms with E-state index in [1.165, 1.54) is 11.1 Å². The molecule has 1 fully saturated rings. The van der Waals surface area contributed by atoms with E-state index in [1.54, 1.807) is 7.11 Å². The van der Waals surface area contributed by atoms with Gasteiger partial charge in [0, 0.05) is 26.1 Å². The topological polar surface area (TPSA) is 32.8 Å². The highest BCUT2D eigenvalue weighted by atomic mass is 16.5. The zero-order valence-electron chi connectivity index (χ0n) is 15.7. The average molecular weight is 352 g/mol. The average Bonchev–Trinajstić information content (AvgIpc) is 2.72. The van der Waals surface area contributed by atoms with Gasteiger partial charge in [0.1, 0.15) is 5.75 Å². The SMILES string of the molecule is CCN1CCN(C(=O)CCc2ccc(OC)cc2)CC1c1ccccc1. The Hall–Kier alpha value is -2.33. The first-order valence-electron chi connectivity index (χ1n) is 9.41. The van der Waals surface area contributed by atoms with Gasteiger partial charge in [0.05, 0.1) is 13.2 Å². The van der Waals surface area contributed by atoms with Gasteiger partial charge >= 0.3 is 0 Å². The van der Waals surface area contributed by atoms with Crippen LogP contribution in [-0.2, 0) is 11.2 Å². The second kappa shape index (κ2) is 8.86. The third-order valence-corrected chi connectivity index (χ3v) is 5.22. The van der Waals surface area contributed by atoms with Gasteiger partial charge in [0.25, 0.3) is 0 Å². The number of aryl methyl sites for hydroxylation is 1. The lowest BCUT2D eigenvalue weighted by molar-refractivity contribution is -0.134. The van der Waals surface area contributed by atoms with Crippen molar-refractivity contribution < 1.29 is 9.53 Å². The summed E-state index contributed by atoms with van der Waals surface area (Å²) in [4.78, 5) is 17.2. The molecule has 4 nitrogen and oxygen atoms in total. The fraction of sp³-hybridized carbons (Fsp3) is 0.409. The van der Waals surface area contributed by atoms with E-state index in [2.05, 4.69) is 36.1 Å². The summed E-state index contributed by atoms with van der Waals surface area (Å²) < 4.78 is 5.18. The van der Waals surface area contributed by atoms with Gasteiger partial charge < -0.3 is 9.64 Å². The van der Waals surface area contributed by atoms with E-state index in [1.807, 2.05) is 35.2 Å². The van der Waals surface area contributed by atoms with E-state index in [4.69, 9.17) is 4.74 Å². The largest absolute Gasteiger partial charge is 0.497 e. The van der Waals surface area contributed by atoms with Crippen molar-refractivity contribution in [1.29, 1.82) is 0 Å². The first kappa shape index (κ1) is 18.5. The minimum atomic E-state index is 0.248. The third kappa shape index (κ3) is 4.44. The van der Waals surface area contributed by atoms with Gasteiger partial charge in [0.2, 0.25) is 5.91 Å². The fourth-order valence-electron chi connectivity index (χ4n) is 3.62. The van der Waals surface area contributed by atoms with Crippen LogP contribution in [0.2, 0.25) is 0 Å². The number of amides is 1. The molecule has 138 valence electrons. The minimum absolute atomic E-state index is 0.248. The van der Waals surface area contributed by atoms with Crippen molar-refractivity contribution in [2.45, 2.75) is 25.8 Å². The monoisotopic (exact) mass is 352 g/mol. The number of likely N-dealkylation sites (N-methyl/N-ethyl adjacent to an activating group) is 1. The molecule has 2 aromatic rings. The van der Waals surface area contributed by atoms with Crippen LogP contribution in [0.3, 0.4) is 0 Å². The number of piperazine rings is 1. The molecule has 1 saturated heterocycles. The number of carbonyl (C=O) groups is 1. The normalized spacial score (nSPS) is 17.9. The van der Waals surface area contributed by atoms with Crippen LogP contribution >= 0.6 is 0 Å². The standard InChI is InChI=1S/C22H28N2O2/c1-3-23-15-16-24(17-21(23)19-7-5-4-6-8-19)22(25)14-11-18-9-12-20(26-2)13-10-18/h4-10,12-13,21H,3,11,14-17H2,1-2H3. The van der Waals surface area contributed by atoms with Crippen LogP contribution in [0.15, 0.2) is 54.6 Å². The van der Waals surface area contributed by atoms with Gasteiger partial charge in [-0.15, -0.1) is 0 Å². The number of hydrogen-bond acceptors (Lipinski definition) is 3. The molecule has 0 radical (unpaired) electrons. The second-order valence-corrected chi connectivity index (χ2v) is 6.74. The second-order valence-electron chi connectivity index (χ2n) is 6.74. The number of hydrogen-bond donors (Lipinski definition) is 0. The van der Waals surface area contributed by atoms with Crippen LogP contribution in [0, 0.1) is 0 Å². The Labute approximate surface area is 156 Å². The molecule has 0 saturated carbocycles. The van der Waals surface area contributed by atoms with Crippen LogP contribution in [0.1, 0.15) is 30.5 Å². The zero-order valence-corrected chi connectivity index (χ0v) is 15.7. The quantitative estimate of drug-likeness (QED) is 0.797. The summed E-state index contributed by atoms with van der Waals surface area (Å²) in [5, 5.41) is 0. The van der Waals surface area contributed by atoms with E-state index in [-0.39, 0.29) is 5.91 Å². The van der Waals surface area contributed by atoms with Crippen LogP contribution in [0.25, 0.3) is 0 Å². The molecule has 2 aromatic carbocycles. The van der Waals surface area contributed by atoms with Gasteiger partial charge in [-0.3, -0.25) is 9.69 Å². The molecular weight excluding hydrogens is 324 g/mol. The number of benzene rings is 2. The molecule has 0 spiro atoms. The highest BCUT2D eigenvalue weighted by Crippen LogP contribution is 2.25. The summed E-state index contributed by atoms with van der Waals surface area (Å²) in [6.45, 7) is 5.73. The van der Waals surface area contributed by atoms with Gasteiger partial charge in [-0.05, 0) is 36.2 Å². The smallest absolute Gasteiger partial charge is 0.223 e. The summed E-state index contributed by atoms with van der Waals surface area (Å²) in [6, 6.07) is 18.8. The Morgan fingerprint density at radius 2 is 1.81 bits per heavy atom. The Bertz CT molecular complexity index is 700.